The number of benzene rings is 1. The average molecular weight is 366 g/mol. The minimum absolute atomic E-state index is 0.0164. The van der Waals surface area contributed by atoms with Crippen LogP contribution >= 0.6 is 0 Å². The molecule has 0 unspecified atom stereocenters. The highest BCUT2D eigenvalue weighted by atomic mass is 32.2. The Morgan fingerprint density at radius 1 is 1.12 bits per heavy atom. The van der Waals surface area contributed by atoms with Crippen molar-refractivity contribution in [2.75, 3.05) is 12.4 Å². The van der Waals surface area contributed by atoms with Gasteiger partial charge in [0.1, 0.15) is 5.76 Å². The van der Waals surface area contributed by atoms with E-state index in [2.05, 4.69) is 14.8 Å². The van der Waals surface area contributed by atoms with Gasteiger partial charge >= 0.3 is 5.97 Å². The van der Waals surface area contributed by atoms with Crippen molar-refractivity contribution in [3.8, 4) is 0 Å². The van der Waals surface area contributed by atoms with E-state index >= 15 is 0 Å². The number of carbonyl (C=O) groups is 2. The van der Waals surface area contributed by atoms with Gasteiger partial charge < -0.3 is 14.5 Å². The predicted octanol–water partition coefficient (Wildman–Crippen LogP) is 1.65. The number of furan rings is 1. The van der Waals surface area contributed by atoms with E-state index in [4.69, 9.17) is 4.42 Å². The third-order valence-corrected chi connectivity index (χ3v) is 4.67. The number of hydrogen-bond donors (Lipinski definition) is 2. The van der Waals surface area contributed by atoms with Crippen molar-refractivity contribution in [3.05, 3.63) is 48.4 Å². The molecule has 1 amide bonds. The minimum Gasteiger partial charge on any atom is -0.469 e. The van der Waals surface area contributed by atoms with Gasteiger partial charge in [0, 0.05) is 12.1 Å². The number of esters is 1. The molecule has 0 saturated carbocycles. The van der Waals surface area contributed by atoms with Crippen molar-refractivity contribution in [1.29, 1.82) is 0 Å². The number of nitrogens with one attached hydrogen (secondary N) is 2. The van der Waals surface area contributed by atoms with Gasteiger partial charge in [-0.2, -0.15) is 0 Å². The van der Waals surface area contributed by atoms with E-state index in [1.165, 1.54) is 37.6 Å². The number of amides is 1. The Kier molecular flexibility index (Phi) is 6.31. The third kappa shape index (κ3) is 5.73. The topological polar surface area (TPSA) is 115 Å². The first-order valence-electron chi connectivity index (χ1n) is 7.39. The molecular formula is C16H18N2O6S. The Balaban J connectivity index is 1.92. The quantitative estimate of drug-likeness (QED) is 0.687. The SMILES string of the molecule is COC(=O)CCC(=O)Nc1ccc(S(=O)(=O)NCc2ccco2)cc1. The van der Waals surface area contributed by atoms with E-state index in [1.807, 2.05) is 0 Å². The average Bonchev–Trinajstić information content (AvgIpc) is 3.12. The van der Waals surface area contributed by atoms with Gasteiger partial charge in [0.15, 0.2) is 0 Å². The molecule has 2 aromatic rings. The fourth-order valence-electron chi connectivity index (χ4n) is 1.92. The minimum atomic E-state index is -3.69. The Morgan fingerprint density at radius 2 is 1.84 bits per heavy atom. The largest absolute Gasteiger partial charge is 0.469 e. The van der Waals surface area contributed by atoms with Crippen molar-refractivity contribution < 1.29 is 27.2 Å². The van der Waals surface area contributed by atoms with E-state index in [9.17, 15) is 18.0 Å². The Hall–Kier alpha value is -2.65. The second-order valence-corrected chi connectivity index (χ2v) is 6.82. The zero-order valence-corrected chi connectivity index (χ0v) is 14.3. The normalized spacial score (nSPS) is 11.1. The molecule has 9 heteroatoms. The van der Waals surface area contributed by atoms with Crippen LogP contribution in [0.2, 0.25) is 0 Å². The van der Waals surface area contributed by atoms with Crippen LogP contribution in [0.5, 0.6) is 0 Å². The summed E-state index contributed by atoms with van der Waals surface area (Å²) >= 11 is 0. The van der Waals surface area contributed by atoms with Crippen molar-refractivity contribution >= 4 is 27.6 Å². The summed E-state index contributed by atoms with van der Waals surface area (Å²) in [5.74, 6) is -0.339. The molecule has 0 bridgehead atoms. The maximum absolute atomic E-state index is 12.2. The van der Waals surface area contributed by atoms with Crippen LogP contribution in [0.4, 0.5) is 5.69 Å². The van der Waals surface area contributed by atoms with Crippen molar-refractivity contribution in [2.24, 2.45) is 0 Å². The molecular weight excluding hydrogens is 348 g/mol. The summed E-state index contributed by atoms with van der Waals surface area (Å²) in [6, 6.07) is 9.02. The van der Waals surface area contributed by atoms with Gasteiger partial charge in [-0.15, -0.1) is 0 Å². The molecule has 1 heterocycles. The van der Waals surface area contributed by atoms with Crippen LogP contribution in [0.1, 0.15) is 18.6 Å². The number of anilines is 1. The molecule has 8 nitrogen and oxygen atoms in total. The molecule has 25 heavy (non-hydrogen) atoms. The monoisotopic (exact) mass is 366 g/mol. The number of hydrogen-bond acceptors (Lipinski definition) is 6. The Labute approximate surface area is 145 Å². The molecule has 1 aromatic heterocycles. The molecule has 2 N–H and O–H groups in total. The number of carbonyl (C=O) groups excluding carboxylic acids is 2. The molecule has 134 valence electrons. The summed E-state index contributed by atoms with van der Waals surface area (Å²) in [5, 5.41) is 2.58. The van der Waals surface area contributed by atoms with E-state index in [-0.39, 0.29) is 30.2 Å². The Bertz CT molecular complexity index is 813. The molecule has 1 aromatic carbocycles. The zero-order valence-electron chi connectivity index (χ0n) is 13.5. The van der Waals surface area contributed by atoms with Crippen LogP contribution in [0, 0.1) is 0 Å². The summed E-state index contributed by atoms with van der Waals surface area (Å²) < 4.78 is 36.3. The number of sulfonamides is 1. The maximum Gasteiger partial charge on any atom is 0.306 e. The van der Waals surface area contributed by atoms with Crippen LogP contribution in [0.25, 0.3) is 0 Å². The number of methoxy groups -OCH3 is 1. The highest BCUT2D eigenvalue weighted by molar-refractivity contribution is 7.89. The Morgan fingerprint density at radius 3 is 2.44 bits per heavy atom. The van der Waals surface area contributed by atoms with Crippen molar-refractivity contribution in [1.82, 2.24) is 4.72 Å². The fourth-order valence-corrected chi connectivity index (χ4v) is 2.91. The summed E-state index contributed by atoms with van der Waals surface area (Å²) in [6.45, 7) is 0.0430. The third-order valence-electron chi connectivity index (χ3n) is 3.25. The maximum atomic E-state index is 12.2. The van der Waals surface area contributed by atoms with Gasteiger partial charge in [-0.3, -0.25) is 9.59 Å². The summed E-state index contributed by atoms with van der Waals surface area (Å²) in [5.41, 5.74) is 0.430. The van der Waals surface area contributed by atoms with Gasteiger partial charge in [0.2, 0.25) is 15.9 Å². The van der Waals surface area contributed by atoms with Crippen LogP contribution in [-0.2, 0) is 30.9 Å². The first-order chi connectivity index (χ1) is 11.9. The van der Waals surface area contributed by atoms with E-state index in [1.54, 1.807) is 12.1 Å². The standard InChI is InChI=1S/C16H18N2O6S/c1-23-16(20)9-8-15(19)18-12-4-6-14(7-5-12)25(21,22)17-11-13-3-2-10-24-13/h2-7,10,17H,8-9,11H2,1H3,(H,18,19). The molecule has 0 radical (unpaired) electrons. The number of rotatable bonds is 8. The second kappa shape index (κ2) is 8.45. The highest BCUT2D eigenvalue weighted by Crippen LogP contribution is 2.15. The van der Waals surface area contributed by atoms with Crippen LogP contribution in [0.3, 0.4) is 0 Å². The first kappa shape index (κ1) is 18.7. The zero-order chi connectivity index (χ0) is 18.3. The lowest BCUT2D eigenvalue weighted by Crippen LogP contribution is -2.23. The van der Waals surface area contributed by atoms with Gasteiger partial charge in [-0.1, -0.05) is 0 Å². The summed E-state index contributed by atoms with van der Waals surface area (Å²) in [6.07, 6.45) is 1.42. The molecule has 0 saturated heterocycles. The smallest absolute Gasteiger partial charge is 0.306 e. The molecule has 0 aliphatic rings. The van der Waals surface area contributed by atoms with Gasteiger partial charge in [-0.25, -0.2) is 13.1 Å². The summed E-state index contributed by atoms with van der Waals surface area (Å²) in [7, 11) is -2.44. The van der Waals surface area contributed by atoms with Gasteiger partial charge in [0.05, 0.1) is 31.2 Å². The van der Waals surface area contributed by atoms with Gasteiger partial charge in [0.25, 0.3) is 0 Å². The lowest BCUT2D eigenvalue weighted by molar-refractivity contribution is -0.141. The lowest BCUT2D eigenvalue weighted by Gasteiger charge is -2.08. The fraction of sp³-hybridized carbons (Fsp3) is 0.250. The molecule has 0 aliphatic heterocycles. The van der Waals surface area contributed by atoms with E-state index in [0.29, 0.717) is 11.4 Å². The number of ether oxygens (including phenoxy) is 1. The van der Waals surface area contributed by atoms with Crippen molar-refractivity contribution in [3.63, 3.8) is 0 Å². The summed E-state index contributed by atoms with van der Waals surface area (Å²) in [4.78, 5) is 22.7. The van der Waals surface area contributed by atoms with Crippen LogP contribution in [0.15, 0.2) is 52.0 Å². The van der Waals surface area contributed by atoms with Crippen LogP contribution in [-0.4, -0.2) is 27.4 Å². The van der Waals surface area contributed by atoms with Gasteiger partial charge in [-0.05, 0) is 36.4 Å². The lowest BCUT2D eigenvalue weighted by atomic mass is 10.2. The van der Waals surface area contributed by atoms with Crippen molar-refractivity contribution in [2.45, 2.75) is 24.3 Å². The van der Waals surface area contributed by atoms with E-state index in [0.717, 1.165) is 0 Å². The molecule has 0 spiro atoms. The molecule has 0 aliphatic carbocycles. The predicted molar refractivity (Wildman–Crippen MR) is 89.1 cm³/mol. The molecule has 0 atom stereocenters. The second-order valence-electron chi connectivity index (χ2n) is 5.05. The highest BCUT2D eigenvalue weighted by Gasteiger charge is 2.14. The van der Waals surface area contributed by atoms with Crippen LogP contribution < -0.4 is 10.0 Å². The molecule has 0 fully saturated rings. The first-order valence-corrected chi connectivity index (χ1v) is 8.88. The van der Waals surface area contributed by atoms with E-state index < -0.39 is 16.0 Å². The molecule has 2 rings (SSSR count).